The van der Waals surface area contributed by atoms with Gasteiger partial charge in [-0.15, -0.1) is 0 Å². The van der Waals surface area contributed by atoms with Crippen molar-refractivity contribution in [1.82, 2.24) is 0 Å². The molecular formula is C22H35F3O3. The van der Waals surface area contributed by atoms with E-state index in [1.54, 1.807) is 20.8 Å². The Morgan fingerprint density at radius 1 is 0.714 bits per heavy atom. The molecule has 0 heterocycles. The molecule has 0 fully saturated rings. The van der Waals surface area contributed by atoms with Gasteiger partial charge in [0.1, 0.15) is 5.82 Å². The minimum Gasteiger partial charge on any atom is -0.327 e. The molecular weight excluding hydrogens is 369 g/mol. The monoisotopic (exact) mass is 404 g/mol. The van der Waals surface area contributed by atoms with E-state index in [0.717, 1.165) is 38.2 Å². The lowest BCUT2D eigenvalue weighted by atomic mass is 9.89. The van der Waals surface area contributed by atoms with E-state index in [1.807, 2.05) is 0 Å². The van der Waals surface area contributed by atoms with E-state index in [1.165, 1.54) is 6.42 Å². The van der Waals surface area contributed by atoms with Crippen molar-refractivity contribution in [3.8, 4) is 0 Å². The summed E-state index contributed by atoms with van der Waals surface area (Å²) in [6, 6.07) is 1.48. The lowest BCUT2D eigenvalue weighted by Crippen LogP contribution is -2.45. The molecule has 0 radical (unpaired) electrons. The number of hydrogen-bond acceptors (Lipinski definition) is 3. The molecule has 1 aromatic rings. The van der Waals surface area contributed by atoms with Crippen LogP contribution in [0.15, 0.2) is 12.1 Å². The fourth-order valence-corrected chi connectivity index (χ4v) is 3.49. The highest BCUT2D eigenvalue weighted by Gasteiger charge is 2.44. The number of halogens is 3. The van der Waals surface area contributed by atoms with Crippen LogP contribution < -0.4 is 0 Å². The van der Waals surface area contributed by atoms with Crippen LogP contribution in [0.3, 0.4) is 0 Å². The number of unbranched alkanes of at least 4 members (excludes halogenated alkanes) is 5. The van der Waals surface area contributed by atoms with Crippen LogP contribution in [0.4, 0.5) is 13.2 Å². The van der Waals surface area contributed by atoms with Crippen LogP contribution in [0.1, 0.15) is 84.1 Å². The van der Waals surface area contributed by atoms with Gasteiger partial charge in [0, 0.05) is 31.5 Å². The minimum absolute atomic E-state index is 0.0165. The summed E-state index contributed by atoms with van der Waals surface area (Å²) in [6.45, 7) is 8.35. The zero-order valence-electron chi connectivity index (χ0n) is 17.7. The topological polar surface area (TPSA) is 27.7 Å². The second-order valence-electron chi connectivity index (χ2n) is 6.80. The summed E-state index contributed by atoms with van der Waals surface area (Å²) in [7, 11) is 0. The summed E-state index contributed by atoms with van der Waals surface area (Å²) in [5.74, 6) is -5.38. The highest BCUT2D eigenvalue weighted by Crippen LogP contribution is 2.40. The van der Waals surface area contributed by atoms with Crippen molar-refractivity contribution in [3.63, 3.8) is 0 Å². The van der Waals surface area contributed by atoms with Crippen LogP contribution >= 0.6 is 0 Å². The molecule has 1 atom stereocenters. The second kappa shape index (κ2) is 13.2. The van der Waals surface area contributed by atoms with Gasteiger partial charge in [0.25, 0.3) is 5.97 Å². The van der Waals surface area contributed by atoms with Gasteiger partial charge in [-0.3, -0.25) is 0 Å². The highest BCUT2D eigenvalue weighted by molar-refractivity contribution is 5.25. The quantitative estimate of drug-likeness (QED) is 0.185. The van der Waals surface area contributed by atoms with Crippen molar-refractivity contribution in [2.45, 2.75) is 84.5 Å². The molecule has 0 bridgehead atoms. The van der Waals surface area contributed by atoms with Gasteiger partial charge in [-0.2, -0.15) is 0 Å². The summed E-state index contributed by atoms with van der Waals surface area (Å²) < 4.78 is 59.5. The van der Waals surface area contributed by atoms with Gasteiger partial charge in [-0.1, -0.05) is 45.4 Å². The van der Waals surface area contributed by atoms with Crippen molar-refractivity contribution in [1.29, 1.82) is 0 Å². The number of ether oxygens (including phenoxy) is 3. The lowest BCUT2D eigenvalue weighted by molar-refractivity contribution is -0.389. The second-order valence-corrected chi connectivity index (χ2v) is 6.80. The molecule has 0 aliphatic heterocycles. The van der Waals surface area contributed by atoms with Crippen LogP contribution in [0.25, 0.3) is 0 Å². The predicted octanol–water partition coefficient (Wildman–Crippen LogP) is 6.70. The summed E-state index contributed by atoms with van der Waals surface area (Å²) in [5, 5.41) is 0. The number of rotatable bonds is 15. The first-order valence-corrected chi connectivity index (χ1v) is 10.5. The molecule has 0 aliphatic rings. The molecule has 1 aromatic carbocycles. The molecule has 1 rings (SSSR count). The van der Waals surface area contributed by atoms with Gasteiger partial charge in [-0.25, -0.2) is 13.2 Å². The molecule has 28 heavy (non-hydrogen) atoms. The van der Waals surface area contributed by atoms with Gasteiger partial charge in [-0.05, 0) is 33.3 Å². The predicted molar refractivity (Wildman–Crippen MR) is 105 cm³/mol. The zero-order valence-corrected chi connectivity index (χ0v) is 17.7. The van der Waals surface area contributed by atoms with E-state index in [2.05, 4.69) is 6.92 Å². The Morgan fingerprint density at radius 3 is 1.75 bits per heavy atom. The van der Waals surface area contributed by atoms with Crippen LogP contribution in [-0.4, -0.2) is 25.8 Å². The molecule has 0 N–H and O–H groups in total. The van der Waals surface area contributed by atoms with E-state index in [9.17, 15) is 13.2 Å². The highest BCUT2D eigenvalue weighted by atomic mass is 19.2. The fourth-order valence-electron chi connectivity index (χ4n) is 3.49. The largest absolute Gasteiger partial charge is 0.327 e. The van der Waals surface area contributed by atoms with Crippen LogP contribution in [0, 0.1) is 17.5 Å². The van der Waals surface area contributed by atoms with Gasteiger partial charge in [0.2, 0.25) is 0 Å². The molecule has 0 saturated heterocycles. The van der Waals surface area contributed by atoms with E-state index in [-0.39, 0.29) is 25.4 Å². The SMILES string of the molecule is CCCCCCCCC(c1cc(F)c(F)cc1F)C(OCC)(OCC)OCC. The Balaban J connectivity index is 3.19. The van der Waals surface area contributed by atoms with Crippen molar-refractivity contribution in [2.24, 2.45) is 0 Å². The molecule has 0 aromatic heterocycles. The maximum Gasteiger partial charge on any atom is 0.290 e. The van der Waals surface area contributed by atoms with Gasteiger partial charge in [0.05, 0.1) is 5.92 Å². The molecule has 0 amide bonds. The first-order valence-electron chi connectivity index (χ1n) is 10.5. The Bertz CT molecular complexity index is 549. The Labute approximate surface area is 167 Å². The van der Waals surface area contributed by atoms with E-state index < -0.39 is 29.3 Å². The van der Waals surface area contributed by atoms with E-state index in [4.69, 9.17) is 14.2 Å². The van der Waals surface area contributed by atoms with Crippen molar-refractivity contribution < 1.29 is 27.4 Å². The van der Waals surface area contributed by atoms with Crippen LogP contribution in [0.2, 0.25) is 0 Å². The molecule has 1 unspecified atom stereocenters. The molecule has 0 saturated carbocycles. The lowest BCUT2D eigenvalue weighted by Gasteiger charge is -2.39. The Morgan fingerprint density at radius 2 is 1.21 bits per heavy atom. The zero-order chi connectivity index (χ0) is 21.0. The van der Waals surface area contributed by atoms with Gasteiger partial charge in [0.15, 0.2) is 11.6 Å². The molecule has 162 valence electrons. The first-order chi connectivity index (χ1) is 13.5. The smallest absolute Gasteiger partial charge is 0.290 e. The van der Waals surface area contributed by atoms with Crippen molar-refractivity contribution >= 4 is 0 Å². The first kappa shape index (κ1) is 24.9. The van der Waals surface area contributed by atoms with Crippen molar-refractivity contribution in [3.05, 3.63) is 35.1 Å². The third-order valence-corrected chi connectivity index (χ3v) is 4.72. The Hall–Kier alpha value is -1.11. The van der Waals surface area contributed by atoms with E-state index >= 15 is 0 Å². The third kappa shape index (κ3) is 7.05. The van der Waals surface area contributed by atoms with Gasteiger partial charge >= 0.3 is 0 Å². The van der Waals surface area contributed by atoms with Crippen molar-refractivity contribution in [2.75, 3.05) is 19.8 Å². The fraction of sp³-hybridized carbons (Fsp3) is 0.727. The minimum atomic E-state index is -1.53. The molecule has 0 aliphatic carbocycles. The summed E-state index contributed by atoms with van der Waals surface area (Å²) in [5.41, 5.74) is 0.0165. The average Bonchev–Trinajstić information content (AvgIpc) is 2.65. The third-order valence-electron chi connectivity index (χ3n) is 4.72. The molecule has 3 nitrogen and oxygen atoms in total. The summed E-state index contributed by atoms with van der Waals surface area (Å²) >= 11 is 0. The van der Waals surface area contributed by atoms with Crippen LogP contribution in [0.5, 0.6) is 0 Å². The molecule has 6 heteroatoms. The van der Waals surface area contributed by atoms with E-state index in [0.29, 0.717) is 12.5 Å². The summed E-state index contributed by atoms with van der Waals surface area (Å²) in [4.78, 5) is 0. The maximum absolute atomic E-state index is 14.6. The summed E-state index contributed by atoms with van der Waals surface area (Å²) in [6.07, 6.45) is 6.78. The van der Waals surface area contributed by atoms with Gasteiger partial charge < -0.3 is 14.2 Å². The molecule has 0 spiro atoms. The Kier molecular flexibility index (Phi) is 11.7. The maximum atomic E-state index is 14.6. The van der Waals surface area contributed by atoms with Crippen LogP contribution in [-0.2, 0) is 14.2 Å². The number of benzene rings is 1. The number of hydrogen-bond donors (Lipinski definition) is 0. The normalized spacial score (nSPS) is 13.1. The average molecular weight is 405 g/mol. The standard InChI is InChI=1S/C22H35F3O3/c1-5-9-10-11-12-13-14-18(17-15-20(24)21(25)16-19(17)23)22(26-6-2,27-7-3)28-8-4/h15-16,18H,5-14H2,1-4H3.